The molecule has 1 aromatic carbocycles. The number of benzene rings is 1. The van der Waals surface area contributed by atoms with Crippen LogP contribution >= 0.6 is 0 Å². The molecule has 0 aliphatic heterocycles. The number of hydrogen-bond donors (Lipinski definition) is 5. The minimum absolute atomic E-state index is 0.133. The van der Waals surface area contributed by atoms with E-state index in [2.05, 4.69) is 16.7 Å². The summed E-state index contributed by atoms with van der Waals surface area (Å²) in [6, 6.07) is 4.75. The van der Waals surface area contributed by atoms with Gasteiger partial charge in [0.15, 0.2) is 5.75 Å². The molecule has 8 nitrogen and oxygen atoms in total. The van der Waals surface area contributed by atoms with Gasteiger partial charge >= 0.3 is 0 Å². The highest BCUT2D eigenvalue weighted by atomic mass is 16.3. The van der Waals surface area contributed by atoms with Crippen LogP contribution in [0.2, 0.25) is 0 Å². The Morgan fingerprint density at radius 3 is 2.36 bits per heavy atom. The number of carbonyl (C=O) groups excluding carboxylic acids is 1. The van der Waals surface area contributed by atoms with E-state index in [9.17, 15) is 20.1 Å². The number of nitrogens with zero attached hydrogens (tertiary/aromatic N) is 2. The van der Waals surface area contributed by atoms with Gasteiger partial charge in [-0.1, -0.05) is 12.1 Å². The summed E-state index contributed by atoms with van der Waals surface area (Å²) in [5.41, 5.74) is 1.89. The number of hydrogen-bond acceptors (Lipinski definition) is 6. The van der Waals surface area contributed by atoms with E-state index in [-0.39, 0.29) is 40.4 Å². The first-order valence-electron chi connectivity index (χ1n) is 9.18. The number of para-hydroxylation sites is 1. The zero-order valence-electron chi connectivity index (χ0n) is 16.3. The van der Waals surface area contributed by atoms with E-state index in [1.807, 2.05) is 0 Å². The molecule has 3 rings (SSSR count). The molecule has 0 radical (unpaired) electrons. The van der Waals surface area contributed by atoms with Crippen molar-refractivity contribution in [1.29, 1.82) is 0 Å². The van der Waals surface area contributed by atoms with Crippen molar-refractivity contribution in [3.63, 3.8) is 0 Å². The molecule has 5 N–H and O–H groups in total. The first-order valence-corrected chi connectivity index (χ1v) is 9.18. The highest BCUT2D eigenvalue weighted by Crippen LogP contribution is 2.46. The Morgan fingerprint density at radius 1 is 1.07 bits per heavy atom. The van der Waals surface area contributed by atoms with Gasteiger partial charge < -0.3 is 30.9 Å². The molecule has 2 aromatic rings. The van der Waals surface area contributed by atoms with E-state index >= 15 is 0 Å². The fraction of sp³-hybridized carbons (Fsp3) is 0.350. The van der Waals surface area contributed by atoms with E-state index in [4.69, 9.17) is 0 Å². The third-order valence-corrected chi connectivity index (χ3v) is 4.84. The average Bonchev–Trinajstić information content (AvgIpc) is 2.88. The van der Waals surface area contributed by atoms with Gasteiger partial charge in [-0.25, -0.2) is 0 Å². The number of phenolic OH excluding ortho intramolecular Hbond substituents is 1. The number of aromatic nitrogens is 1. The SMILES string of the molecule is CN(C)C(=O)c1cccc(Nc2c(NC3=CCCCC3)c(O)n(C)c2O)c1O. The van der Waals surface area contributed by atoms with Crippen molar-refractivity contribution in [2.75, 3.05) is 24.7 Å². The van der Waals surface area contributed by atoms with Crippen molar-refractivity contribution in [3.05, 3.63) is 35.5 Å². The average molecular weight is 386 g/mol. The molecular weight excluding hydrogens is 360 g/mol. The predicted octanol–water partition coefficient (Wildman–Crippen LogP) is 3.46. The maximum absolute atomic E-state index is 12.2. The van der Waals surface area contributed by atoms with Gasteiger partial charge in [0.25, 0.3) is 5.91 Å². The van der Waals surface area contributed by atoms with Gasteiger partial charge in [-0.2, -0.15) is 0 Å². The number of carbonyl (C=O) groups is 1. The summed E-state index contributed by atoms with van der Waals surface area (Å²) < 4.78 is 1.24. The molecule has 1 aliphatic rings. The summed E-state index contributed by atoms with van der Waals surface area (Å²) in [5, 5.41) is 37.6. The van der Waals surface area contributed by atoms with Crippen LogP contribution in [0, 0.1) is 0 Å². The quantitative estimate of drug-likeness (QED) is 0.504. The third-order valence-electron chi connectivity index (χ3n) is 4.84. The van der Waals surface area contributed by atoms with Crippen LogP contribution in [0.15, 0.2) is 30.0 Å². The first-order chi connectivity index (χ1) is 13.3. The summed E-state index contributed by atoms with van der Waals surface area (Å²) >= 11 is 0. The summed E-state index contributed by atoms with van der Waals surface area (Å²) in [6.07, 6.45) is 6.07. The van der Waals surface area contributed by atoms with Crippen LogP contribution in [0.1, 0.15) is 36.0 Å². The zero-order chi connectivity index (χ0) is 20.4. The molecule has 0 saturated carbocycles. The molecule has 1 aliphatic carbocycles. The Kier molecular flexibility index (Phi) is 5.39. The highest BCUT2D eigenvalue weighted by Gasteiger charge is 2.24. The van der Waals surface area contributed by atoms with E-state index in [1.54, 1.807) is 26.2 Å². The van der Waals surface area contributed by atoms with E-state index < -0.39 is 0 Å². The molecule has 1 heterocycles. The van der Waals surface area contributed by atoms with Crippen molar-refractivity contribution in [2.24, 2.45) is 7.05 Å². The molecule has 1 aromatic heterocycles. The van der Waals surface area contributed by atoms with Crippen LogP contribution in [0.25, 0.3) is 0 Å². The summed E-state index contributed by atoms with van der Waals surface area (Å²) in [7, 11) is 4.73. The fourth-order valence-corrected chi connectivity index (χ4v) is 3.20. The van der Waals surface area contributed by atoms with E-state index in [0.717, 1.165) is 31.4 Å². The lowest BCUT2D eigenvalue weighted by Crippen LogP contribution is -2.21. The lowest BCUT2D eigenvalue weighted by molar-refractivity contribution is 0.0824. The van der Waals surface area contributed by atoms with Gasteiger partial charge in [0.2, 0.25) is 11.8 Å². The maximum atomic E-state index is 12.2. The molecule has 0 atom stereocenters. The van der Waals surface area contributed by atoms with Gasteiger partial charge in [0, 0.05) is 26.8 Å². The molecule has 0 saturated heterocycles. The second-order valence-corrected chi connectivity index (χ2v) is 7.08. The van der Waals surface area contributed by atoms with Crippen LogP contribution in [0.4, 0.5) is 17.1 Å². The van der Waals surface area contributed by atoms with E-state index in [0.29, 0.717) is 5.69 Å². The first kappa shape index (κ1) is 19.5. The second kappa shape index (κ2) is 7.75. The Hall–Kier alpha value is -3.29. The van der Waals surface area contributed by atoms with Crippen molar-refractivity contribution in [1.82, 2.24) is 9.47 Å². The van der Waals surface area contributed by atoms with Gasteiger partial charge in [-0.3, -0.25) is 9.36 Å². The fourth-order valence-electron chi connectivity index (χ4n) is 3.20. The minimum atomic E-state index is -0.341. The van der Waals surface area contributed by atoms with Crippen molar-refractivity contribution in [2.45, 2.75) is 25.7 Å². The molecule has 0 bridgehead atoms. The smallest absolute Gasteiger partial charge is 0.257 e. The number of aromatic hydroxyl groups is 3. The van der Waals surface area contributed by atoms with E-state index in [1.165, 1.54) is 22.6 Å². The maximum Gasteiger partial charge on any atom is 0.257 e. The van der Waals surface area contributed by atoms with Gasteiger partial charge in [-0.15, -0.1) is 0 Å². The Labute approximate surface area is 163 Å². The number of amides is 1. The predicted molar refractivity (Wildman–Crippen MR) is 108 cm³/mol. The minimum Gasteiger partial charge on any atom is -0.505 e. The molecule has 0 spiro atoms. The summed E-state index contributed by atoms with van der Waals surface area (Å²) in [4.78, 5) is 13.6. The molecule has 8 heteroatoms. The summed E-state index contributed by atoms with van der Waals surface area (Å²) in [6.45, 7) is 0. The lowest BCUT2D eigenvalue weighted by Gasteiger charge is -2.17. The topological polar surface area (TPSA) is 110 Å². The Balaban J connectivity index is 1.99. The van der Waals surface area contributed by atoms with Crippen LogP contribution in [0.5, 0.6) is 17.5 Å². The third kappa shape index (κ3) is 3.58. The molecule has 150 valence electrons. The van der Waals surface area contributed by atoms with Crippen molar-refractivity contribution in [3.8, 4) is 17.5 Å². The van der Waals surface area contributed by atoms with Gasteiger partial charge in [0.1, 0.15) is 11.4 Å². The number of anilines is 3. The molecule has 0 fully saturated rings. The molecular formula is C20H26N4O4. The van der Waals surface area contributed by atoms with Crippen molar-refractivity contribution < 1.29 is 20.1 Å². The summed E-state index contributed by atoms with van der Waals surface area (Å²) in [5.74, 6) is -0.898. The van der Waals surface area contributed by atoms with Crippen LogP contribution < -0.4 is 10.6 Å². The number of phenols is 1. The van der Waals surface area contributed by atoms with Gasteiger partial charge in [0.05, 0.1) is 11.3 Å². The Bertz CT molecular complexity index is 931. The molecule has 1 amide bonds. The normalized spacial score (nSPS) is 13.8. The zero-order valence-corrected chi connectivity index (χ0v) is 16.3. The van der Waals surface area contributed by atoms with Crippen LogP contribution in [-0.4, -0.2) is 44.8 Å². The van der Waals surface area contributed by atoms with Crippen LogP contribution in [0.3, 0.4) is 0 Å². The molecule has 28 heavy (non-hydrogen) atoms. The van der Waals surface area contributed by atoms with Gasteiger partial charge in [-0.05, 0) is 37.8 Å². The lowest BCUT2D eigenvalue weighted by atomic mass is 10.0. The standard InChI is InChI=1S/C20H26N4O4/c1-23(2)18(26)13-10-7-11-14(17(13)25)22-16-15(19(27)24(3)20(16)28)21-12-8-5-4-6-9-12/h7-8,10-11,21-22,25,27-28H,4-6,9H2,1-3H3. The number of nitrogens with one attached hydrogen (secondary N) is 2. The second-order valence-electron chi connectivity index (χ2n) is 7.08. The number of allylic oxidation sites excluding steroid dienone is 2. The Morgan fingerprint density at radius 2 is 1.75 bits per heavy atom. The number of rotatable bonds is 5. The van der Waals surface area contributed by atoms with Crippen LogP contribution in [-0.2, 0) is 7.05 Å². The highest BCUT2D eigenvalue weighted by molar-refractivity contribution is 5.99. The van der Waals surface area contributed by atoms with Crippen molar-refractivity contribution >= 4 is 23.0 Å². The largest absolute Gasteiger partial charge is 0.505 e. The monoisotopic (exact) mass is 386 g/mol. The molecule has 0 unspecified atom stereocenters.